The molecule has 4 rings (SSSR count). The first-order valence-electron chi connectivity index (χ1n) is 9.36. The Morgan fingerprint density at radius 3 is 2.67 bits per heavy atom. The molecule has 142 valence electrons. The van der Waals surface area contributed by atoms with Gasteiger partial charge in [-0.1, -0.05) is 25.5 Å². The Bertz CT molecular complexity index is 1060. The maximum atomic E-state index is 13.0. The van der Waals surface area contributed by atoms with E-state index >= 15 is 0 Å². The van der Waals surface area contributed by atoms with E-state index in [-0.39, 0.29) is 5.92 Å². The first-order valence-corrected chi connectivity index (χ1v) is 10.8. The Morgan fingerprint density at radius 2 is 1.96 bits per heavy atom. The lowest BCUT2D eigenvalue weighted by Gasteiger charge is -2.17. The van der Waals surface area contributed by atoms with Crippen molar-refractivity contribution in [1.29, 1.82) is 0 Å². The van der Waals surface area contributed by atoms with Gasteiger partial charge in [-0.25, -0.2) is 13.4 Å². The monoisotopic (exact) mass is 384 g/mol. The van der Waals surface area contributed by atoms with Gasteiger partial charge in [0.05, 0.1) is 22.1 Å². The molecule has 1 aliphatic heterocycles. The topological polar surface area (TPSA) is 68.1 Å². The van der Waals surface area contributed by atoms with Gasteiger partial charge < -0.3 is 4.57 Å². The maximum absolute atomic E-state index is 13.0. The van der Waals surface area contributed by atoms with E-state index in [1.165, 1.54) is 5.56 Å². The summed E-state index contributed by atoms with van der Waals surface area (Å²) in [6.45, 7) is 3.10. The lowest BCUT2D eigenvalue weighted by molar-refractivity contribution is 0.470. The number of benzene rings is 1. The van der Waals surface area contributed by atoms with Gasteiger partial charge in [0.25, 0.3) is 0 Å². The number of pyridine rings is 1. The van der Waals surface area contributed by atoms with Gasteiger partial charge in [-0.2, -0.15) is 4.31 Å². The number of aromatic nitrogens is 3. The number of sulfonamides is 1. The molecular weight excluding hydrogens is 360 g/mol. The van der Waals surface area contributed by atoms with Crippen LogP contribution in [0.2, 0.25) is 0 Å². The van der Waals surface area contributed by atoms with E-state index in [0.29, 0.717) is 18.0 Å². The average molecular weight is 385 g/mol. The van der Waals surface area contributed by atoms with Crippen LogP contribution in [0, 0.1) is 0 Å². The van der Waals surface area contributed by atoms with Gasteiger partial charge in [0.2, 0.25) is 10.0 Å². The fourth-order valence-corrected chi connectivity index (χ4v) is 5.34. The Kier molecular flexibility index (Phi) is 4.74. The van der Waals surface area contributed by atoms with Crippen LogP contribution < -0.4 is 0 Å². The Morgan fingerprint density at radius 1 is 1.19 bits per heavy atom. The fraction of sp³-hybridized carbons (Fsp3) is 0.400. The third-order valence-electron chi connectivity index (χ3n) is 5.33. The number of fused-ring (bicyclic) bond motifs is 1. The van der Waals surface area contributed by atoms with Crippen molar-refractivity contribution in [2.75, 3.05) is 13.1 Å². The zero-order valence-corrected chi connectivity index (χ0v) is 16.5. The zero-order chi connectivity index (χ0) is 19.0. The van der Waals surface area contributed by atoms with E-state index in [9.17, 15) is 8.42 Å². The van der Waals surface area contributed by atoms with Crippen LogP contribution in [0.5, 0.6) is 0 Å². The quantitative estimate of drug-likeness (QED) is 0.678. The van der Waals surface area contributed by atoms with Gasteiger partial charge in [-0.3, -0.25) is 4.98 Å². The molecule has 0 radical (unpaired) electrons. The van der Waals surface area contributed by atoms with Crippen molar-refractivity contribution in [3.63, 3.8) is 0 Å². The summed E-state index contributed by atoms with van der Waals surface area (Å²) in [5.74, 6) is 1.02. The highest BCUT2D eigenvalue weighted by molar-refractivity contribution is 7.89. The highest BCUT2D eigenvalue weighted by atomic mass is 32.2. The fourth-order valence-electron chi connectivity index (χ4n) is 3.84. The lowest BCUT2D eigenvalue weighted by atomic mass is 10.1. The highest BCUT2D eigenvalue weighted by Gasteiger charge is 2.35. The Hall–Kier alpha value is -2.25. The molecule has 0 aliphatic carbocycles. The first kappa shape index (κ1) is 18.1. The Balaban J connectivity index is 1.56. The molecule has 27 heavy (non-hydrogen) atoms. The molecule has 1 saturated heterocycles. The second-order valence-corrected chi connectivity index (χ2v) is 9.07. The normalized spacial score (nSPS) is 18.4. The molecule has 1 fully saturated rings. The predicted octanol–water partition coefficient (Wildman–Crippen LogP) is 3.10. The number of nitrogens with zero attached hydrogens (tertiary/aromatic N) is 4. The minimum atomic E-state index is -3.47. The van der Waals surface area contributed by atoms with E-state index in [1.807, 2.05) is 29.8 Å². The van der Waals surface area contributed by atoms with Gasteiger partial charge in [0.1, 0.15) is 5.82 Å². The minimum absolute atomic E-state index is 0.0940. The van der Waals surface area contributed by atoms with Crippen molar-refractivity contribution in [3.8, 4) is 0 Å². The number of aryl methyl sites for hydroxylation is 2. The van der Waals surface area contributed by atoms with Crippen LogP contribution in [0.4, 0.5) is 0 Å². The van der Waals surface area contributed by atoms with Crippen molar-refractivity contribution in [2.45, 2.75) is 37.0 Å². The Labute approximate surface area is 159 Å². The van der Waals surface area contributed by atoms with Gasteiger partial charge in [-0.15, -0.1) is 0 Å². The van der Waals surface area contributed by atoms with Crippen LogP contribution >= 0.6 is 0 Å². The molecule has 7 heteroatoms. The van der Waals surface area contributed by atoms with E-state index < -0.39 is 10.0 Å². The third-order valence-corrected chi connectivity index (χ3v) is 7.21. The summed E-state index contributed by atoms with van der Waals surface area (Å²) in [6, 6.07) is 9.19. The second kappa shape index (κ2) is 7.05. The molecule has 3 aromatic rings. The number of imidazole rings is 1. The van der Waals surface area contributed by atoms with E-state index in [4.69, 9.17) is 4.98 Å². The first-order chi connectivity index (χ1) is 13.0. The van der Waals surface area contributed by atoms with Crippen LogP contribution in [0.1, 0.15) is 37.1 Å². The number of rotatable bonds is 5. The highest BCUT2D eigenvalue weighted by Crippen LogP contribution is 2.32. The van der Waals surface area contributed by atoms with Crippen LogP contribution in [0.3, 0.4) is 0 Å². The third kappa shape index (κ3) is 3.26. The van der Waals surface area contributed by atoms with E-state index in [0.717, 1.165) is 36.1 Å². The summed E-state index contributed by atoms with van der Waals surface area (Å²) < 4.78 is 29.7. The summed E-state index contributed by atoms with van der Waals surface area (Å²) in [6.07, 6.45) is 6.32. The zero-order valence-electron chi connectivity index (χ0n) is 15.7. The van der Waals surface area contributed by atoms with Crippen LogP contribution in [0.15, 0.2) is 47.6 Å². The van der Waals surface area contributed by atoms with E-state index in [2.05, 4.69) is 11.9 Å². The number of hydrogen-bond acceptors (Lipinski definition) is 4. The van der Waals surface area contributed by atoms with Crippen molar-refractivity contribution < 1.29 is 8.42 Å². The molecule has 1 aliphatic rings. The summed E-state index contributed by atoms with van der Waals surface area (Å²) in [4.78, 5) is 9.25. The van der Waals surface area contributed by atoms with Crippen LogP contribution in [-0.2, 0) is 23.5 Å². The van der Waals surface area contributed by atoms with Gasteiger partial charge in [0.15, 0.2) is 0 Å². The van der Waals surface area contributed by atoms with Crippen molar-refractivity contribution >= 4 is 21.1 Å². The predicted molar refractivity (Wildman–Crippen MR) is 105 cm³/mol. The lowest BCUT2D eigenvalue weighted by Crippen LogP contribution is -2.29. The average Bonchev–Trinajstić information content (AvgIpc) is 3.28. The number of hydrogen-bond donors (Lipinski definition) is 0. The molecule has 0 unspecified atom stereocenters. The molecule has 1 atom stereocenters. The molecule has 0 saturated carbocycles. The minimum Gasteiger partial charge on any atom is -0.330 e. The van der Waals surface area contributed by atoms with Gasteiger partial charge in [0, 0.05) is 32.3 Å². The summed E-state index contributed by atoms with van der Waals surface area (Å²) in [5, 5.41) is 0. The molecule has 1 aromatic carbocycles. The van der Waals surface area contributed by atoms with Crippen molar-refractivity contribution in [1.82, 2.24) is 18.8 Å². The van der Waals surface area contributed by atoms with Crippen molar-refractivity contribution in [2.24, 2.45) is 7.05 Å². The summed E-state index contributed by atoms with van der Waals surface area (Å²) >= 11 is 0. The maximum Gasteiger partial charge on any atom is 0.243 e. The van der Waals surface area contributed by atoms with Crippen LogP contribution in [-0.4, -0.2) is 40.3 Å². The molecular formula is C20H24N4O2S. The SMILES string of the molecule is CCCc1ccc(S(=O)(=O)N2CC[C@H](c3nc4ccncc4n3C)C2)cc1. The molecule has 2 aromatic heterocycles. The summed E-state index contributed by atoms with van der Waals surface area (Å²) in [5.41, 5.74) is 3.04. The molecule has 6 nitrogen and oxygen atoms in total. The largest absolute Gasteiger partial charge is 0.330 e. The molecule has 0 N–H and O–H groups in total. The smallest absolute Gasteiger partial charge is 0.243 e. The van der Waals surface area contributed by atoms with E-state index in [1.54, 1.807) is 28.8 Å². The molecule has 0 spiro atoms. The standard InChI is InChI=1S/C20H24N4O2S/c1-3-4-15-5-7-17(8-6-15)27(25,26)24-12-10-16(14-24)20-22-18-9-11-21-13-19(18)23(20)2/h5-9,11,13,16H,3-4,10,12,14H2,1-2H3/t16-/m0/s1. The van der Waals surface area contributed by atoms with Gasteiger partial charge in [-0.05, 0) is 36.6 Å². The molecule has 0 amide bonds. The van der Waals surface area contributed by atoms with Crippen LogP contribution in [0.25, 0.3) is 11.0 Å². The molecule has 0 bridgehead atoms. The second-order valence-electron chi connectivity index (χ2n) is 7.14. The summed E-state index contributed by atoms with van der Waals surface area (Å²) in [7, 11) is -1.50. The van der Waals surface area contributed by atoms with Crippen molar-refractivity contribution in [3.05, 3.63) is 54.1 Å². The van der Waals surface area contributed by atoms with Gasteiger partial charge >= 0.3 is 0 Å². The molecule has 3 heterocycles.